The molecular weight excluding hydrogens is 446 g/mol. The lowest BCUT2D eigenvalue weighted by atomic mass is 10.0. The second-order valence-electron chi connectivity index (χ2n) is 7.93. The van der Waals surface area contributed by atoms with Crippen LogP contribution in [0.5, 0.6) is 0 Å². The van der Waals surface area contributed by atoms with Crippen LogP contribution in [0.3, 0.4) is 0 Å². The van der Waals surface area contributed by atoms with Gasteiger partial charge in [0.2, 0.25) is 5.91 Å². The molecule has 0 bridgehead atoms. The second kappa shape index (κ2) is 8.47. The van der Waals surface area contributed by atoms with Gasteiger partial charge in [-0.2, -0.15) is 8.78 Å². The largest absolute Gasteiger partial charge is 0.374 e. The minimum absolute atomic E-state index is 0.120. The Bertz CT molecular complexity index is 1140. The monoisotopic (exact) mass is 465 g/mol. The minimum atomic E-state index is -4.09. The molecule has 7 nitrogen and oxygen atoms in total. The zero-order valence-corrected chi connectivity index (χ0v) is 17.1. The fraction of sp³-hybridized carbons (Fsp3) is 0.318. The third-order valence-corrected chi connectivity index (χ3v) is 5.72. The molecule has 2 aromatic rings. The number of hydrogen-bond acceptors (Lipinski definition) is 4. The summed E-state index contributed by atoms with van der Waals surface area (Å²) in [6.45, 7) is -0.176. The lowest BCUT2D eigenvalue weighted by Gasteiger charge is -2.32. The molecule has 0 saturated carbocycles. The van der Waals surface area contributed by atoms with Crippen LogP contribution in [0, 0.1) is 11.6 Å². The number of fused-ring (bicyclic) bond motifs is 1. The van der Waals surface area contributed by atoms with Gasteiger partial charge in [-0.3, -0.25) is 14.4 Å². The molecule has 2 heterocycles. The van der Waals surface area contributed by atoms with Crippen LogP contribution >= 0.6 is 0 Å². The highest BCUT2D eigenvalue weighted by Gasteiger charge is 2.42. The molecule has 3 N–H and O–H groups in total. The van der Waals surface area contributed by atoms with Crippen molar-refractivity contribution in [2.45, 2.75) is 44.1 Å². The summed E-state index contributed by atoms with van der Waals surface area (Å²) in [6, 6.07) is 5.23. The van der Waals surface area contributed by atoms with Crippen molar-refractivity contribution in [3.8, 4) is 0 Å². The third-order valence-electron chi connectivity index (χ3n) is 5.72. The molecule has 0 spiro atoms. The average molecular weight is 465 g/mol. The van der Waals surface area contributed by atoms with Crippen LogP contribution in [-0.4, -0.2) is 40.0 Å². The number of hydrogen-bond donors (Lipinski definition) is 3. The minimum Gasteiger partial charge on any atom is -0.374 e. The number of piperidine rings is 1. The van der Waals surface area contributed by atoms with Gasteiger partial charge in [0.25, 0.3) is 11.8 Å². The number of nitrogens with one attached hydrogen (secondary N) is 2. The van der Waals surface area contributed by atoms with Crippen LogP contribution in [0.1, 0.15) is 39.9 Å². The highest BCUT2D eigenvalue weighted by molar-refractivity contribution is 6.01. The first-order valence-corrected chi connectivity index (χ1v) is 10.1. The van der Waals surface area contributed by atoms with Crippen LogP contribution in [0.15, 0.2) is 36.4 Å². The highest BCUT2D eigenvalue weighted by Crippen LogP contribution is 2.31. The number of carbonyl (C=O) groups is 3. The van der Waals surface area contributed by atoms with E-state index in [2.05, 4.69) is 10.6 Å². The molecule has 0 aliphatic carbocycles. The number of nitrogens with zero attached hydrogens (tertiary/aromatic N) is 1. The Labute approximate surface area is 185 Å². The summed E-state index contributed by atoms with van der Waals surface area (Å²) in [5.41, 5.74) is 0.375. The Hall–Kier alpha value is -3.47. The lowest BCUT2D eigenvalue weighted by Crippen LogP contribution is -2.54. The molecule has 3 amide bonds. The van der Waals surface area contributed by atoms with Gasteiger partial charge in [-0.25, -0.2) is 8.78 Å². The van der Waals surface area contributed by atoms with Gasteiger partial charge >= 0.3 is 5.92 Å². The zero-order chi connectivity index (χ0) is 23.9. The predicted molar refractivity (Wildman–Crippen MR) is 106 cm³/mol. The molecule has 11 heteroatoms. The van der Waals surface area contributed by atoms with Crippen molar-refractivity contribution in [1.29, 1.82) is 0 Å². The number of amides is 3. The van der Waals surface area contributed by atoms with Crippen LogP contribution in [0.2, 0.25) is 0 Å². The van der Waals surface area contributed by atoms with Gasteiger partial charge < -0.3 is 20.6 Å². The maximum Gasteiger partial charge on any atom is 0.349 e. The first-order chi connectivity index (χ1) is 15.6. The molecule has 2 aliphatic heterocycles. The van der Waals surface area contributed by atoms with Crippen molar-refractivity contribution in [3.63, 3.8) is 0 Å². The molecule has 2 aliphatic rings. The number of aliphatic hydroxyl groups excluding tert-OH is 1. The molecular formula is C22H19F4N3O4. The Morgan fingerprint density at radius 3 is 2.58 bits per heavy atom. The number of alkyl halides is 2. The average Bonchev–Trinajstić information content (AvgIpc) is 3.09. The summed E-state index contributed by atoms with van der Waals surface area (Å²) in [4.78, 5) is 38.3. The number of rotatable bonds is 5. The summed E-state index contributed by atoms with van der Waals surface area (Å²) < 4.78 is 55.0. The second-order valence-corrected chi connectivity index (χ2v) is 7.93. The van der Waals surface area contributed by atoms with Crippen molar-refractivity contribution in [3.05, 3.63) is 70.3 Å². The Balaban J connectivity index is 1.43. The SMILES string of the molecule is O=C1NC(O)CCC1N1Cc2cc(CNC(=O)C(F)(F)c3ccc(F)c(F)c3)ccc2C1=O. The van der Waals surface area contributed by atoms with Gasteiger partial charge in [-0.05, 0) is 48.2 Å². The van der Waals surface area contributed by atoms with Crippen molar-refractivity contribution >= 4 is 17.7 Å². The summed E-state index contributed by atoms with van der Waals surface area (Å²) in [5.74, 6) is -9.39. The first-order valence-electron chi connectivity index (χ1n) is 10.1. The molecule has 2 unspecified atom stereocenters. The van der Waals surface area contributed by atoms with Crippen LogP contribution < -0.4 is 10.6 Å². The molecule has 174 valence electrons. The Morgan fingerprint density at radius 2 is 1.88 bits per heavy atom. The standard InChI is InChI=1S/C22H19F4N3O4/c23-15-4-2-13(8-16(15)24)22(25,26)21(33)27-9-11-1-3-14-12(7-11)10-29(20(14)32)17-5-6-18(30)28-19(17)31/h1-4,7-8,17-18,30H,5-6,9-10H2,(H,27,33)(H,28,31). The third kappa shape index (κ3) is 4.28. The number of halogens is 4. The van der Waals surface area contributed by atoms with E-state index < -0.39 is 47.2 Å². The number of aliphatic hydroxyl groups is 1. The zero-order valence-electron chi connectivity index (χ0n) is 17.1. The Morgan fingerprint density at radius 1 is 1.12 bits per heavy atom. The van der Waals surface area contributed by atoms with E-state index >= 15 is 0 Å². The van der Waals surface area contributed by atoms with Crippen LogP contribution in [0.25, 0.3) is 0 Å². The topological polar surface area (TPSA) is 98.7 Å². The van der Waals surface area contributed by atoms with E-state index in [-0.39, 0.29) is 25.1 Å². The maximum absolute atomic E-state index is 14.3. The maximum atomic E-state index is 14.3. The van der Waals surface area contributed by atoms with Gasteiger partial charge in [0.15, 0.2) is 11.6 Å². The fourth-order valence-corrected chi connectivity index (χ4v) is 3.95. The molecule has 2 aromatic carbocycles. The summed E-state index contributed by atoms with van der Waals surface area (Å²) in [6.07, 6.45) is -0.345. The highest BCUT2D eigenvalue weighted by atomic mass is 19.3. The van der Waals surface area contributed by atoms with E-state index in [9.17, 15) is 37.1 Å². The predicted octanol–water partition coefficient (Wildman–Crippen LogP) is 1.93. The van der Waals surface area contributed by atoms with Crippen molar-refractivity contribution in [1.82, 2.24) is 15.5 Å². The summed E-state index contributed by atoms with van der Waals surface area (Å²) in [5, 5.41) is 14.0. The van der Waals surface area contributed by atoms with Gasteiger partial charge in [-0.15, -0.1) is 0 Å². The Kier molecular flexibility index (Phi) is 5.83. The molecule has 0 radical (unpaired) electrons. The molecule has 1 saturated heterocycles. The van der Waals surface area contributed by atoms with Gasteiger partial charge in [0.1, 0.15) is 12.3 Å². The first kappa shape index (κ1) is 22.7. The molecule has 33 heavy (non-hydrogen) atoms. The lowest BCUT2D eigenvalue weighted by molar-refractivity contribution is -0.147. The van der Waals surface area contributed by atoms with Crippen LogP contribution in [0.4, 0.5) is 17.6 Å². The molecule has 2 atom stereocenters. The summed E-state index contributed by atoms with van der Waals surface area (Å²) >= 11 is 0. The molecule has 1 fully saturated rings. The van der Waals surface area contributed by atoms with Gasteiger partial charge in [0.05, 0.1) is 0 Å². The quantitative estimate of drug-likeness (QED) is 0.588. The van der Waals surface area contributed by atoms with E-state index in [1.165, 1.54) is 17.0 Å². The van der Waals surface area contributed by atoms with E-state index in [1.54, 1.807) is 6.07 Å². The smallest absolute Gasteiger partial charge is 0.349 e. The normalized spacial score (nSPS) is 20.5. The molecule has 4 rings (SSSR count). The number of carbonyl (C=O) groups excluding carboxylic acids is 3. The van der Waals surface area contributed by atoms with E-state index in [0.717, 1.165) is 0 Å². The van der Waals surface area contributed by atoms with Crippen LogP contribution in [-0.2, 0) is 28.6 Å². The summed E-state index contributed by atoms with van der Waals surface area (Å²) in [7, 11) is 0. The van der Waals surface area contributed by atoms with E-state index in [4.69, 9.17) is 0 Å². The van der Waals surface area contributed by atoms with E-state index in [0.29, 0.717) is 41.7 Å². The van der Waals surface area contributed by atoms with Crippen molar-refractivity contribution in [2.75, 3.05) is 0 Å². The fourth-order valence-electron chi connectivity index (χ4n) is 3.95. The van der Waals surface area contributed by atoms with Crippen molar-refractivity contribution < 1.29 is 37.1 Å². The molecule has 0 aromatic heterocycles. The van der Waals surface area contributed by atoms with Gasteiger partial charge in [-0.1, -0.05) is 12.1 Å². The number of benzene rings is 2. The van der Waals surface area contributed by atoms with Crippen molar-refractivity contribution in [2.24, 2.45) is 0 Å². The van der Waals surface area contributed by atoms with Gasteiger partial charge in [0, 0.05) is 24.2 Å². The van der Waals surface area contributed by atoms with E-state index in [1.807, 2.05) is 0 Å².